The number of nitrogens with zero attached hydrogens (tertiary/aromatic N) is 2. The highest BCUT2D eigenvalue weighted by Gasteiger charge is 2.22. The molecular weight excluding hydrogens is 400 g/mol. The van der Waals surface area contributed by atoms with Gasteiger partial charge in [0.15, 0.2) is 0 Å². The molecule has 0 saturated carbocycles. The van der Waals surface area contributed by atoms with E-state index >= 15 is 0 Å². The summed E-state index contributed by atoms with van der Waals surface area (Å²) in [7, 11) is 1.36. The molecule has 1 aromatic heterocycles. The first kappa shape index (κ1) is 19.7. The normalized spacial score (nSPS) is 10.6. The minimum Gasteiger partial charge on any atom is -0.465 e. The number of ether oxygens (including phenoxy) is 1. The lowest BCUT2D eigenvalue weighted by Gasteiger charge is -2.12. The summed E-state index contributed by atoms with van der Waals surface area (Å²) in [5.74, 6) is 0.875. The zero-order chi connectivity index (χ0) is 19.1. The Labute approximate surface area is 171 Å². The Morgan fingerprint density at radius 2 is 1.33 bits per heavy atom. The minimum atomic E-state index is -0.460. The van der Waals surface area contributed by atoms with Crippen LogP contribution in [0.25, 0.3) is 0 Å². The van der Waals surface area contributed by atoms with Crippen molar-refractivity contribution in [3.63, 3.8) is 0 Å². The lowest BCUT2D eigenvalue weighted by Crippen LogP contribution is -2.09. The predicted octanol–water partition coefficient (Wildman–Crippen LogP) is 5.50. The first-order chi connectivity index (χ1) is 13.2. The van der Waals surface area contributed by atoms with Crippen molar-refractivity contribution in [1.82, 2.24) is 9.97 Å². The van der Waals surface area contributed by atoms with Crippen LogP contribution in [0.4, 0.5) is 0 Å². The Kier molecular flexibility index (Phi) is 7.15. The topological polar surface area (TPSA) is 52.1 Å². The average molecular weight is 417 g/mol. The molecular formula is C20H17ClN2O2S2. The predicted molar refractivity (Wildman–Crippen MR) is 110 cm³/mol. The summed E-state index contributed by atoms with van der Waals surface area (Å²) in [4.78, 5) is 21.0. The molecule has 3 rings (SSSR count). The fourth-order valence-corrected chi connectivity index (χ4v) is 4.61. The number of carbonyl (C=O) groups excluding carboxylic acids is 1. The number of halogens is 1. The van der Waals surface area contributed by atoms with Crippen LogP contribution in [0.5, 0.6) is 0 Å². The lowest BCUT2D eigenvalue weighted by molar-refractivity contribution is 0.0590. The molecule has 4 nitrogen and oxygen atoms in total. The number of methoxy groups -OCH3 is 1. The van der Waals surface area contributed by atoms with Gasteiger partial charge in [-0.15, -0.1) is 23.5 Å². The highest BCUT2D eigenvalue weighted by atomic mass is 35.5. The molecule has 0 fully saturated rings. The van der Waals surface area contributed by atoms with Crippen LogP contribution >= 0.6 is 35.1 Å². The van der Waals surface area contributed by atoms with Gasteiger partial charge in [0.1, 0.15) is 15.6 Å². The maximum Gasteiger partial charge on any atom is 0.343 e. The van der Waals surface area contributed by atoms with Gasteiger partial charge in [-0.1, -0.05) is 60.7 Å². The van der Waals surface area contributed by atoms with E-state index in [0.29, 0.717) is 27.1 Å². The Morgan fingerprint density at radius 3 is 1.74 bits per heavy atom. The summed E-state index contributed by atoms with van der Waals surface area (Å²) < 4.78 is 4.97. The molecule has 0 saturated heterocycles. The van der Waals surface area contributed by atoms with Gasteiger partial charge in [-0.05, 0) is 22.7 Å². The van der Waals surface area contributed by atoms with Gasteiger partial charge in [0, 0.05) is 11.5 Å². The monoisotopic (exact) mass is 416 g/mol. The van der Waals surface area contributed by atoms with E-state index in [0.717, 1.165) is 11.1 Å². The first-order valence-corrected chi connectivity index (χ1v) is 10.5. The van der Waals surface area contributed by atoms with Gasteiger partial charge in [-0.2, -0.15) is 0 Å². The quantitative estimate of drug-likeness (QED) is 0.219. The SMILES string of the molecule is COC(=O)c1c(SCc2ccccc2)nc(Cl)nc1SCc1ccccc1. The number of hydrogen-bond donors (Lipinski definition) is 0. The highest BCUT2D eigenvalue weighted by molar-refractivity contribution is 7.99. The van der Waals surface area contributed by atoms with Gasteiger partial charge in [-0.25, -0.2) is 14.8 Å². The van der Waals surface area contributed by atoms with Gasteiger partial charge >= 0.3 is 5.97 Å². The maximum absolute atomic E-state index is 12.4. The van der Waals surface area contributed by atoms with Crippen LogP contribution in [0.1, 0.15) is 21.5 Å². The fourth-order valence-electron chi connectivity index (χ4n) is 2.33. The van der Waals surface area contributed by atoms with Gasteiger partial charge in [0.05, 0.1) is 7.11 Å². The molecule has 0 atom stereocenters. The largest absolute Gasteiger partial charge is 0.465 e. The van der Waals surface area contributed by atoms with E-state index < -0.39 is 5.97 Å². The fraction of sp³-hybridized carbons (Fsp3) is 0.150. The molecule has 0 aliphatic rings. The molecule has 0 bridgehead atoms. The third-order valence-corrected chi connectivity index (χ3v) is 5.90. The number of esters is 1. The molecule has 0 unspecified atom stereocenters. The summed E-state index contributed by atoms with van der Waals surface area (Å²) in [6, 6.07) is 19.9. The van der Waals surface area contributed by atoms with E-state index in [4.69, 9.17) is 16.3 Å². The Balaban J connectivity index is 1.87. The van der Waals surface area contributed by atoms with Crippen molar-refractivity contribution in [2.75, 3.05) is 7.11 Å². The second kappa shape index (κ2) is 9.78. The highest BCUT2D eigenvalue weighted by Crippen LogP contribution is 2.33. The third kappa shape index (κ3) is 5.48. The summed E-state index contributed by atoms with van der Waals surface area (Å²) in [5, 5.41) is 1.18. The number of carbonyl (C=O) groups is 1. The van der Waals surface area contributed by atoms with Crippen LogP contribution in [0.2, 0.25) is 5.28 Å². The van der Waals surface area contributed by atoms with Crippen LogP contribution in [0.3, 0.4) is 0 Å². The van der Waals surface area contributed by atoms with Crippen LogP contribution in [-0.4, -0.2) is 23.0 Å². The smallest absolute Gasteiger partial charge is 0.343 e. The van der Waals surface area contributed by atoms with Crippen molar-refractivity contribution in [2.24, 2.45) is 0 Å². The number of aromatic nitrogens is 2. The average Bonchev–Trinajstić information content (AvgIpc) is 2.71. The zero-order valence-corrected chi connectivity index (χ0v) is 17.0. The zero-order valence-electron chi connectivity index (χ0n) is 14.6. The molecule has 7 heteroatoms. The second-order valence-corrected chi connectivity index (χ2v) is 7.78. The first-order valence-electron chi connectivity index (χ1n) is 8.16. The van der Waals surface area contributed by atoms with Crippen molar-refractivity contribution >= 4 is 41.1 Å². The molecule has 0 amide bonds. The molecule has 0 radical (unpaired) electrons. The molecule has 1 heterocycles. The summed E-state index contributed by atoms with van der Waals surface area (Å²) in [6.07, 6.45) is 0. The standard InChI is InChI=1S/C20H17ClN2O2S2/c1-25-19(24)16-17(26-12-14-8-4-2-5-9-14)22-20(21)23-18(16)27-13-15-10-6-3-7-11-15/h2-11H,12-13H2,1H3. The van der Waals surface area contributed by atoms with Crippen LogP contribution in [0.15, 0.2) is 70.7 Å². The molecule has 27 heavy (non-hydrogen) atoms. The van der Waals surface area contributed by atoms with E-state index in [2.05, 4.69) is 9.97 Å². The molecule has 0 N–H and O–H groups in total. The lowest BCUT2D eigenvalue weighted by atomic mass is 10.2. The van der Waals surface area contributed by atoms with Gasteiger partial charge in [-0.3, -0.25) is 0 Å². The van der Waals surface area contributed by atoms with E-state index in [1.165, 1.54) is 30.6 Å². The molecule has 2 aromatic carbocycles. The Bertz CT molecular complexity index is 844. The number of hydrogen-bond acceptors (Lipinski definition) is 6. The van der Waals surface area contributed by atoms with Gasteiger partial charge in [0.25, 0.3) is 0 Å². The van der Waals surface area contributed by atoms with Crippen molar-refractivity contribution in [2.45, 2.75) is 21.6 Å². The summed E-state index contributed by atoms with van der Waals surface area (Å²) in [6.45, 7) is 0. The maximum atomic E-state index is 12.4. The van der Waals surface area contributed by atoms with Crippen molar-refractivity contribution < 1.29 is 9.53 Å². The molecule has 138 valence electrons. The number of thioether (sulfide) groups is 2. The minimum absolute atomic E-state index is 0.119. The van der Waals surface area contributed by atoms with Crippen LogP contribution < -0.4 is 0 Å². The molecule has 0 aliphatic carbocycles. The van der Waals surface area contributed by atoms with Crippen LogP contribution in [-0.2, 0) is 16.2 Å². The summed E-state index contributed by atoms with van der Waals surface area (Å²) >= 11 is 9.02. The van der Waals surface area contributed by atoms with E-state index in [-0.39, 0.29) is 5.28 Å². The Morgan fingerprint density at radius 1 is 0.889 bits per heavy atom. The van der Waals surface area contributed by atoms with E-state index in [9.17, 15) is 4.79 Å². The van der Waals surface area contributed by atoms with E-state index in [1.807, 2.05) is 60.7 Å². The van der Waals surface area contributed by atoms with Gasteiger partial charge in [0.2, 0.25) is 5.28 Å². The Hall–Kier alpha value is -2.02. The number of benzene rings is 2. The van der Waals surface area contributed by atoms with Crippen molar-refractivity contribution in [1.29, 1.82) is 0 Å². The third-order valence-electron chi connectivity index (χ3n) is 3.64. The second-order valence-electron chi connectivity index (χ2n) is 5.52. The van der Waals surface area contributed by atoms with E-state index in [1.54, 1.807) is 0 Å². The van der Waals surface area contributed by atoms with Crippen LogP contribution in [0, 0.1) is 0 Å². The van der Waals surface area contributed by atoms with Gasteiger partial charge < -0.3 is 4.74 Å². The summed E-state index contributed by atoms with van der Waals surface area (Å²) in [5.41, 5.74) is 2.63. The van der Waals surface area contributed by atoms with Crippen molar-refractivity contribution in [3.05, 3.63) is 82.6 Å². The molecule has 0 spiro atoms. The molecule has 0 aliphatic heterocycles. The number of rotatable bonds is 7. The van der Waals surface area contributed by atoms with Crippen molar-refractivity contribution in [3.8, 4) is 0 Å². The molecule has 3 aromatic rings.